The first kappa shape index (κ1) is 43.2. The molecule has 1 heterocycles. The summed E-state index contributed by atoms with van der Waals surface area (Å²) < 4.78 is 183. The predicted molar refractivity (Wildman–Crippen MR) is 135 cm³/mol. The molecule has 12 nitrogen and oxygen atoms in total. The lowest BCUT2D eigenvalue weighted by Gasteiger charge is -2.45. The number of alkyl halides is 12. The topological polar surface area (TPSA) is 161 Å². The van der Waals surface area contributed by atoms with Gasteiger partial charge in [-0.3, -0.25) is 4.79 Å². The minimum atomic E-state index is -6.12. The van der Waals surface area contributed by atoms with Crippen molar-refractivity contribution in [2.45, 2.75) is 101 Å². The number of carbonyl (C=O) groups is 5. The number of ketones is 1. The maximum Gasteiger partial charge on any atom is 0.490 e. The molecule has 51 heavy (non-hydrogen) atoms. The molecule has 0 spiro atoms. The maximum absolute atomic E-state index is 13.2. The summed E-state index contributed by atoms with van der Waals surface area (Å²) in [6, 6.07) is 0. The van der Waals surface area contributed by atoms with Gasteiger partial charge < -0.3 is 33.5 Å². The van der Waals surface area contributed by atoms with Crippen LogP contribution in [0.15, 0.2) is 23.8 Å². The van der Waals surface area contributed by atoms with E-state index in [-0.39, 0.29) is 12.0 Å². The lowest BCUT2D eigenvalue weighted by atomic mass is 9.64. The molecular weight excluding hydrogens is 744 g/mol. The van der Waals surface area contributed by atoms with Crippen LogP contribution in [0.2, 0.25) is 0 Å². The molecule has 7 atom stereocenters. The van der Waals surface area contributed by atoms with Crippen LogP contribution in [0.25, 0.3) is 0 Å². The van der Waals surface area contributed by atoms with E-state index >= 15 is 0 Å². The van der Waals surface area contributed by atoms with Crippen molar-refractivity contribution in [2.24, 2.45) is 5.41 Å². The van der Waals surface area contributed by atoms with E-state index in [2.05, 4.69) is 18.9 Å². The molecule has 2 aliphatic rings. The van der Waals surface area contributed by atoms with Crippen LogP contribution in [-0.4, -0.2) is 108 Å². The summed E-state index contributed by atoms with van der Waals surface area (Å²) in [6.45, 7) is 3.15. The quantitative estimate of drug-likeness (QED) is 0.156. The number of halogens is 12. The number of hydrogen-bond donors (Lipinski definition) is 1. The molecule has 0 radical (unpaired) electrons. The Labute approximate surface area is 277 Å². The molecule has 1 aliphatic carbocycles. The van der Waals surface area contributed by atoms with E-state index in [4.69, 9.17) is 9.47 Å². The molecule has 24 heteroatoms. The number of aliphatic hydroxyl groups is 1. The van der Waals surface area contributed by atoms with Crippen LogP contribution in [0.1, 0.15) is 34.1 Å². The lowest BCUT2D eigenvalue weighted by Crippen LogP contribution is -2.64. The summed E-state index contributed by atoms with van der Waals surface area (Å²) >= 11 is 0. The standard InChI is InChI=1S/C27H26F12O12/c1-10-7-12(40)8-22(3,4)23(10,45)6-5-11(2)47-17-16(51-21(44)27(37,38)39)15(50-20(43)26(34,35)36)14(49-19(42)25(31,32)33)13(48-17)9-46-18(41)24(28,29)30/h5-7,11,13-17,45H,8-9H2,1-4H3/b6-5+/t11?,13-,14-,15+,16-,17-,23+/m1/s1. The van der Waals surface area contributed by atoms with Crippen LogP contribution >= 0.6 is 0 Å². The van der Waals surface area contributed by atoms with Gasteiger partial charge in [0.1, 0.15) is 18.3 Å². The van der Waals surface area contributed by atoms with Gasteiger partial charge in [0.05, 0.1) is 6.10 Å². The van der Waals surface area contributed by atoms with Crippen molar-refractivity contribution in [3.05, 3.63) is 23.8 Å². The second-order valence-corrected chi connectivity index (χ2v) is 11.6. The monoisotopic (exact) mass is 770 g/mol. The molecule has 0 aromatic carbocycles. The maximum atomic E-state index is 13.2. The lowest BCUT2D eigenvalue weighted by molar-refractivity contribution is -0.325. The van der Waals surface area contributed by atoms with Gasteiger partial charge >= 0.3 is 48.6 Å². The van der Waals surface area contributed by atoms with Gasteiger partial charge in [0.25, 0.3) is 0 Å². The summed E-state index contributed by atoms with van der Waals surface area (Å²) in [5.74, 6) is -13.7. The fourth-order valence-electron chi connectivity index (χ4n) is 4.73. The van der Waals surface area contributed by atoms with Gasteiger partial charge in [-0.25, -0.2) is 19.2 Å². The van der Waals surface area contributed by atoms with E-state index in [1.54, 1.807) is 0 Å². The third-order valence-electron chi connectivity index (χ3n) is 7.21. The Morgan fingerprint density at radius 2 is 1.25 bits per heavy atom. The van der Waals surface area contributed by atoms with Gasteiger partial charge in [-0.2, -0.15) is 52.7 Å². The average molecular weight is 770 g/mol. The van der Waals surface area contributed by atoms with Crippen LogP contribution in [-0.2, 0) is 52.4 Å². The number of esters is 4. The second kappa shape index (κ2) is 15.0. The fraction of sp³-hybridized carbons (Fsp3) is 0.667. The Hall–Kier alpha value is -3.93. The van der Waals surface area contributed by atoms with Gasteiger partial charge in [-0.15, -0.1) is 0 Å². The van der Waals surface area contributed by atoms with E-state index < -0.39 is 109 Å². The highest BCUT2D eigenvalue weighted by atomic mass is 19.4. The van der Waals surface area contributed by atoms with Gasteiger partial charge in [-0.1, -0.05) is 19.9 Å². The van der Waals surface area contributed by atoms with Gasteiger partial charge in [0, 0.05) is 11.8 Å². The Morgan fingerprint density at radius 3 is 1.69 bits per heavy atom. The largest absolute Gasteiger partial charge is 0.490 e. The third kappa shape index (κ3) is 10.8. The highest BCUT2D eigenvalue weighted by Crippen LogP contribution is 2.44. The summed E-state index contributed by atoms with van der Waals surface area (Å²) in [7, 11) is 0. The summed E-state index contributed by atoms with van der Waals surface area (Å²) in [4.78, 5) is 58.6. The molecule has 290 valence electrons. The zero-order valence-corrected chi connectivity index (χ0v) is 26.1. The van der Waals surface area contributed by atoms with E-state index in [9.17, 15) is 81.8 Å². The first-order valence-electron chi connectivity index (χ1n) is 13.8. The van der Waals surface area contributed by atoms with Crippen molar-refractivity contribution in [3.63, 3.8) is 0 Å². The van der Waals surface area contributed by atoms with Gasteiger partial charge in [0.2, 0.25) is 0 Å². The minimum Gasteiger partial charge on any atom is -0.456 e. The van der Waals surface area contributed by atoms with Gasteiger partial charge in [0.15, 0.2) is 30.4 Å². The molecular formula is C27H26F12O12. The average Bonchev–Trinajstić information content (AvgIpc) is 2.94. The molecule has 1 aliphatic heterocycles. The van der Waals surface area contributed by atoms with Crippen LogP contribution in [0, 0.1) is 5.41 Å². The van der Waals surface area contributed by atoms with Crippen molar-refractivity contribution in [1.29, 1.82) is 0 Å². The number of rotatable bonds is 9. The first-order chi connectivity index (χ1) is 22.8. The number of allylic oxidation sites excluding steroid dienone is 1. The summed E-state index contributed by atoms with van der Waals surface area (Å²) in [5.41, 5.74) is -3.16. The first-order valence-corrected chi connectivity index (χ1v) is 13.8. The number of hydrogen-bond acceptors (Lipinski definition) is 12. The molecule has 0 aromatic heterocycles. The molecule has 1 saturated heterocycles. The number of ether oxygens (including phenoxy) is 6. The molecule has 1 fully saturated rings. The summed E-state index contributed by atoms with van der Waals surface area (Å²) in [5, 5.41) is 11.3. The SMILES string of the molecule is CC1=CC(=O)CC(C)(C)[C@]1(O)/C=C/C(C)O[C@@H]1O[C@H](COC(=O)C(F)(F)F)[C@@H](OC(=O)C(F)(F)F)[C@H](OC(=O)C(F)(F)F)[C@H]1OC(=O)C(F)(F)F. The molecule has 1 N–H and O–H groups in total. The Kier molecular flexibility index (Phi) is 12.7. The highest BCUT2D eigenvalue weighted by Gasteiger charge is 2.59. The van der Waals surface area contributed by atoms with Crippen LogP contribution in [0.4, 0.5) is 52.7 Å². The second-order valence-electron chi connectivity index (χ2n) is 11.6. The third-order valence-corrected chi connectivity index (χ3v) is 7.21. The number of carbonyl (C=O) groups excluding carboxylic acids is 5. The smallest absolute Gasteiger partial charge is 0.456 e. The Bertz CT molecular complexity index is 1410. The zero-order chi connectivity index (χ0) is 39.7. The van der Waals surface area contributed by atoms with E-state index in [0.29, 0.717) is 0 Å². The van der Waals surface area contributed by atoms with E-state index in [1.807, 2.05) is 0 Å². The zero-order valence-electron chi connectivity index (χ0n) is 26.1. The van der Waals surface area contributed by atoms with E-state index in [1.165, 1.54) is 20.8 Å². The molecule has 0 aromatic rings. The molecule has 0 amide bonds. The highest BCUT2D eigenvalue weighted by molar-refractivity contribution is 5.92. The van der Waals surface area contributed by atoms with Crippen LogP contribution in [0.5, 0.6) is 0 Å². The molecule has 2 rings (SSSR count). The van der Waals surface area contributed by atoms with Crippen molar-refractivity contribution >= 4 is 29.7 Å². The Balaban J connectivity index is 2.72. The van der Waals surface area contributed by atoms with E-state index in [0.717, 1.165) is 25.2 Å². The molecule has 0 bridgehead atoms. The van der Waals surface area contributed by atoms with Crippen molar-refractivity contribution in [3.8, 4) is 0 Å². The minimum absolute atomic E-state index is 0.0538. The fourth-order valence-corrected chi connectivity index (χ4v) is 4.73. The Morgan fingerprint density at radius 1 is 0.824 bits per heavy atom. The van der Waals surface area contributed by atoms with Gasteiger partial charge in [-0.05, 0) is 31.6 Å². The molecule has 0 saturated carbocycles. The summed E-state index contributed by atoms with van der Waals surface area (Å²) in [6.07, 6.45) is -38.9. The van der Waals surface area contributed by atoms with Crippen molar-refractivity contribution in [1.82, 2.24) is 0 Å². The van der Waals surface area contributed by atoms with Crippen LogP contribution in [0.3, 0.4) is 0 Å². The van der Waals surface area contributed by atoms with Crippen LogP contribution < -0.4 is 0 Å². The molecule has 1 unspecified atom stereocenters. The predicted octanol–water partition coefficient (Wildman–Crippen LogP) is 3.88. The normalized spacial score (nSPS) is 28.1. The van der Waals surface area contributed by atoms with Crippen molar-refractivity contribution < 1.29 is 110 Å². The van der Waals surface area contributed by atoms with Crippen molar-refractivity contribution in [2.75, 3.05) is 6.61 Å².